The number of carbonyl (C=O) groups is 1. The number of hydrogen-bond acceptors (Lipinski definition) is 6. The van der Waals surface area contributed by atoms with Crippen molar-refractivity contribution in [3.05, 3.63) is 36.4 Å². The molecule has 0 spiro atoms. The fraction of sp³-hybridized carbons (Fsp3) is 0.471. The summed E-state index contributed by atoms with van der Waals surface area (Å²) in [6, 6.07) is 1.55. The summed E-state index contributed by atoms with van der Waals surface area (Å²) in [5, 5.41) is 23.0. The van der Waals surface area contributed by atoms with Crippen molar-refractivity contribution in [3.8, 4) is 11.1 Å². The van der Waals surface area contributed by atoms with Gasteiger partial charge in [-0.05, 0) is 30.4 Å². The second-order valence-corrected chi connectivity index (χ2v) is 7.51. The van der Waals surface area contributed by atoms with Crippen molar-refractivity contribution in [1.82, 2.24) is 14.8 Å². The third-order valence-corrected chi connectivity index (χ3v) is 5.21. The standard InChI is InChI=1S/C17H21F3N4O3S/c1-24-10-12(9-23-24)11-2-3-14(22-8-11)16(27,17(18,19)20)5-7-28-6-4-13(21)15(25)26/h2-3,8-10,13,27H,4-7,21H2,1H3,(H,25,26). The number of pyridine rings is 1. The summed E-state index contributed by atoms with van der Waals surface area (Å²) < 4.78 is 42.2. The van der Waals surface area contributed by atoms with Gasteiger partial charge in [0.2, 0.25) is 5.60 Å². The minimum atomic E-state index is -4.91. The van der Waals surface area contributed by atoms with Gasteiger partial charge in [0.05, 0.1) is 11.9 Å². The Labute approximate surface area is 163 Å². The number of hydrogen-bond donors (Lipinski definition) is 3. The Hall–Kier alpha value is -2.11. The molecule has 0 fully saturated rings. The van der Waals surface area contributed by atoms with Gasteiger partial charge >= 0.3 is 12.1 Å². The molecule has 0 aliphatic carbocycles. The number of nitrogens with two attached hydrogens (primary N) is 1. The molecule has 0 radical (unpaired) electrons. The Morgan fingerprint density at radius 1 is 1.29 bits per heavy atom. The lowest BCUT2D eigenvalue weighted by Gasteiger charge is -2.30. The molecule has 0 aliphatic rings. The summed E-state index contributed by atoms with van der Waals surface area (Å²) in [6.07, 6.45) is -0.864. The van der Waals surface area contributed by atoms with Crippen LogP contribution < -0.4 is 5.73 Å². The number of halogens is 3. The van der Waals surface area contributed by atoms with E-state index in [9.17, 15) is 23.1 Å². The van der Waals surface area contributed by atoms with Crippen LogP contribution in [0.4, 0.5) is 13.2 Å². The Bertz CT molecular complexity index is 798. The monoisotopic (exact) mass is 418 g/mol. The van der Waals surface area contributed by atoms with Crippen LogP contribution in [0.1, 0.15) is 18.5 Å². The summed E-state index contributed by atoms with van der Waals surface area (Å²) in [6.45, 7) is 0. The zero-order valence-electron chi connectivity index (χ0n) is 15.1. The second kappa shape index (κ2) is 8.93. The number of aryl methyl sites for hydroxylation is 1. The quantitative estimate of drug-likeness (QED) is 0.535. The smallest absolute Gasteiger partial charge is 0.423 e. The lowest BCUT2D eigenvalue weighted by atomic mass is 9.94. The van der Waals surface area contributed by atoms with Crippen LogP contribution in [0.25, 0.3) is 11.1 Å². The molecule has 2 aromatic heterocycles. The largest absolute Gasteiger partial charge is 0.480 e. The van der Waals surface area contributed by atoms with Crippen LogP contribution in [0.15, 0.2) is 30.7 Å². The van der Waals surface area contributed by atoms with E-state index >= 15 is 0 Å². The maximum absolute atomic E-state index is 13.5. The molecule has 2 aromatic rings. The van der Waals surface area contributed by atoms with E-state index in [1.807, 2.05) is 0 Å². The van der Waals surface area contributed by atoms with Crippen LogP contribution >= 0.6 is 11.8 Å². The van der Waals surface area contributed by atoms with Gasteiger partial charge in [-0.25, -0.2) is 0 Å². The van der Waals surface area contributed by atoms with Crippen molar-refractivity contribution < 1.29 is 28.2 Å². The molecular weight excluding hydrogens is 397 g/mol. The molecule has 2 heterocycles. The number of carboxylic acid groups (broad SMARTS) is 1. The maximum atomic E-state index is 13.5. The highest BCUT2D eigenvalue weighted by atomic mass is 32.2. The van der Waals surface area contributed by atoms with Gasteiger partial charge < -0.3 is 15.9 Å². The van der Waals surface area contributed by atoms with Crippen LogP contribution in [-0.4, -0.2) is 54.7 Å². The van der Waals surface area contributed by atoms with Crippen LogP contribution in [0.3, 0.4) is 0 Å². The molecule has 2 unspecified atom stereocenters. The van der Waals surface area contributed by atoms with Crippen molar-refractivity contribution in [1.29, 1.82) is 0 Å². The molecule has 0 bridgehead atoms. The normalized spacial score (nSPS) is 15.2. The van der Waals surface area contributed by atoms with E-state index < -0.39 is 35.9 Å². The molecule has 2 rings (SSSR count). The number of nitrogens with zero attached hydrogens (tertiary/aromatic N) is 3. The lowest BCUT2D eigenvalue weighted by Crippen LogP contribution is -2.43. The van der Waals surface area contributed by atoms with Crippen molar-refractivity contribution in [2.75, 3.05) is 11.5 Å². The van der Waals surface area contributed by atoms with Gasteiger partial charge in [-0.15, -0.1) is 0 Å². The fourth-order valence-corrected chi connectivity index (χ4v) is 3.51. The fourth-order valence-electron chi connectivity index (χ4n) is 2.45. The average molecular weight is 418 g/mol. The van der Waals surface area contributed by atoms with E-state index in [2.05, 4.69) is 10.1 Å². The van der Waals surface area contributed by atoms with Gasteiger partial charge in [-0.3, -0.25) is 14.5 Å². The topological polar surface area (TPSA) is 114 Å². The number of aliphatic carboxylic acids is 1. The van der Waals surface area contributed by atoms with Gasteiger partial charge in [-0.1, -0.05) is 6.07 Å². The van der Waals surface area contributed by atoms with Crippen molar-refractivity contribution in [2.45, 2.75) is 30.7 Å². The zero-order valence-corrected chi connectivity index (χ0v) is 15.9. The van der Waals surface area contributed by atoms with E-state index in [1.54, 1.807) is 24.1 Å². The molecule has 0 aromatic carbocycles. The summed E-state index contributed by atoms with van der Waals surface area (Å²) in [4.78, 5) is 14.5. The predicted molar refractivity (Wildman–Crippen MR) is 98.6 cm³/mol. The number of aromatic nitrogens is 3. The minimum Gasteiger partial charge on any atom is -0.480 e. The lowest BCUT2D eigenvalue weighted by molar-refractivity contribution is -0.268. The average Bonchev–Trinajstić information content (AvgIpc) is 3.06. The predicted octanol–water partition coefficient (Wildman–Crippen LogP) is 2.16. The van der Waals surface area contributed by atoms with Gasteiger partial charge in [0.25, 0.3) is 0 Å². The number of thioether (sulfide) groups is 1. The van der Waals surface area contributed by atoms with Gasteiger partial charge in [0, 0.05) is 30.6 Å². The Balaban J connectivity index is 2.06. The number of rotatable bonds is 9. The van der Waals surface area contributed by atoms with E-state index in [1.165, 1.54) is 12.3 Å². The first kappa shape index (κ1) is 22.2. The highest BCUT2D eigenvalue weighted by Gasteiger charge is 2.55. The molecular formula is C17H21F3N4O3S. The summed E-state index contributed by atoms with van der Waals surface area (Å²) in [5.41, 5.74) is 3.04. The molecule has 0 aliphatic heterocycles. The highest BCUT2D eigenvalue weighted by Crippen LogP contribution is 2.41. The molecule has 7 nitrogen and oxygen atoms in total. The Morgan fingerprint density at radius 3 is 2.50 bits per heavy atom. The van der Waals surface area contributed by atoms with E-state index in [4.69, 9.17) is 10.8 Å². The summed E-state index contributed by atoms with van der Waals surface area (Å²) in [5.74, 6) is -0.923. The van der Waals surface area contributed by atoms with Gasteiger partial charge in [-0.2, -0.15) is 30.0 Å². The van der Waals surface area contributed by atoms with E-state index in [0.29, 0.717) is 11.1 Å². The number of aliphatic hydroxyl groups is 1. The molecule has 0 saturated heterocycles. The SMILES string of the molecule is Cn1cc(-c2ccc(C(O)(CCSCCC(N)C(=O)O)C(F)(F)F)nc2)cn1. The third-order valence-electron chi connectivity index (χ3n) is 4.19. The Kier molecular flexibility index (Phi) is 7.07. The summed E-state index contributed by atoms with van der Waals surface area (Å²) in [7, 11) is 1.72. The van der Waals surface area contributed by atoms with Crippen molar-refractivity contribution in [3.63, 3.8) is 0 Å². The van der Waals surface area contributed by atoms with Crippen LogP contribution in [-0.2, 0) is 17.4 Å². The third kappa shape index (κ3) is 5.24. The summed E-state index contributed by atoms with van der Waals surface area (Å²) >= 11 is 1.10. The van der Waals surface area contributed by atoms with Crippen molar-refractivity contribution in [2.24, 2.45) is 12.8 Å². The maximum Gasteiger partial charge on any atom is 0.423 e. The van der Waals surface area contributed by atoms with E-state index in [-0.39, 0.29) is 17.9 Å². The molecule has 0 saturated carbocycles. The molecule has 154 valence electrons. The van der Waals surface area contributed by atoms with Gasteiger partial charge in [0.1, 0.15) is 6.04 Å². The molecule has 0 amide bonds. The van der Waals surface area contributed by atoms with Crippen LogP contribution in [0.2, 0.25) is 0 Å². The first-order valence-corrected chi connectivity index (χ1v) is 9.51. The Morgan fingerprint density at radius 2 is 2.00 bits per heavy atom. The first-order valence-electron chi connectivity index (χ1n) is 8.35. The molecule has 11 heteroatoms. The van der Waals surface area contributed by atoms with Crippen molar-refractivity contribution >= 4 is 17.7 Å². The van der Waals surface area contributed by atoms with E-state index in [0.717, 1.165) is 17.8 Å². The highest BCUT2D eigenvalue weighted by molar-refractivity contribution is 7.99. The van der Waals surface area contributed by atoms with Gasteiger partial charge in [0.15, 0.2) is 0 Å². The molecule has 28 heavy (non-hydrogen) atoms. The molecule has 4 N–H and O–H groups in total. The minimum absolute atomic E-state index is 0.0333. The second-order valence-electron chi connectivity index (χ2n) is 6.29. The van der Waals surface area contributed by atoms with Crippen LogP contribution in [0, 0.1) is 0 Å². The number of carboxylic acids is 1. The zero-order chi connectivity index (χ0) is 20.9. The first-order chi connectivity index (χ1) is 13.0. The number of alkyl halides is 3. The van der Waals surface area contributed by atoms with Crippen LogP contribution in [0.5, 0.6) is 0 Å². The molecule has 2 atom stereocenters.